The number of nitrogens with one attached hydrogen (secondary N) is 1. The number of pyridine rings is 1. The van der Waals surface area contributed by atoms with Gasteiger partial charge in [-0.2, -0.15) is 0 Å². The number of aromatic nitrogens is 1. The van der Waals surface area contributed by atoms with Gasteiger partial charge in [0.05, 0.1) is 12.8 Å². The number of amides is 1. The second kappa shape index (κ2) is 7.77. The zero-order valence-electron chi connectivity index (χ0n) is 13.3. The zero-order valence-corrected chi connectivity index (χ0v) is 13.3. The number of anilines is 2. The first-order chi connectivity index (χ1) is 11.6. The van der Waals surface area contributed by atoms with Crippen molar-refractivity contribution >= 4 is 23.4 Å². The van der Waals surface area contributed by atoms with Crippen molar-refractivity contribution in [2.75, 3.05) is 24.4 Å². The average molecular weight is 327 g/mol. The molecule has 0 radical (unpaired) electrons. The van der Waals surface area contributed by atoms with E-state index in [9.17, 15) is 9.59 Å². The highest BCUT2D eigenvalue weighted by Crippen LogP contribution is 2.26. The number of carboxylic acid groups (broad SMARTS) is 1. The van der Waals surface area contributed by atoms with Gasteiger partial charge in [0.15, 0.2) is 0 Å². The fourth-order valence-electron chi connectivity index (χ4n) is 2.05. The van der Waals surface area contributed by atoms with E-state index in [0.717, 1.165) is 11.8 Å². The van der Waals surface area contributed by atoms with Gasteiger partial charge in [-0.1, -0.05) is 6.07 Å². The summed E-state index contributed by atoms with van der Waals surface area (Å²) >= 11 is 0. The van der Waals surface area contributed by atoms with E-state index in [1.54, 1.807) is 43.4 Å². The Morgan fingerprint density at radius 3 is 2.67 bits per heavy atom. The molecule has 124 valence electrons. The number of carboxylic acids is 1. The number of carbonyl (C=O) groups is 2. The molecule has 1 amide bonds. The van der Waals surface area contributed by atoms with Crippen LogP contribution in [0.3, 0.4) is 0 Å². The lowest BCUT2D eigenvalue weighted by Gasteiger charge is -2.18. The molecule has 0 bridgehead atoms. The molecule has 0 unspecified atom stereocenters. The SMILES string of the molecule is CNc1ccc(C(=O)N(C=CC(=O)O)c2ccccn2)cc1OC. The Morgan fingerprint density at radius 1 is 1.29 bits per heavy atom. The number of nitrogens with zero attached hydrogens (tertiary/aromatic N) is 2. The molecule has 2 rings (SSSR count). The summed E-state index contributed by atoms with van der Waals surface area (Å²) < 4.78 is 5.25. The van der Waals surface area contributed by atoms with Crippen molar-refractivity contribution in [1.82, 2.24) is 4.98 Å². The molecular formula is C17H17N3O4. The van der Waals surface area contributed by atoms with Crippen LogP contribution in [0.5, 0.6) is 5.75 Å². The molecule has 1 aromatic carbocycles. The van der Waals surface area contributed by atoms with E-state index in [0.29, 0.717) is 17.1 Å². The van der Waals surface area contributed by atoms with Gasteiger partial charge < -0.3 is 15.2 Å². The van der Waals surface area contributed by atoms with E-state index in [4.69, 9.17) is 9.84 Å². The second-order valence-electron chi connectivity index (χ2n) is 4.68. The van der Waals surface area contributed by atoms with E-state index >= 15 is 0 Å². The fourth-order valence-corrected chi connectivity index (χ4v) is 2.05. The number of rotatable bonds is 6. The lowest BCUT2D eigenvalue weighted by molar-refractivity contribution is -0.131. The standard InChI is InChI=1S/C17H17N3O4/c1-18-13-7-6-12(11-14(13)24-2)17(23)20(10-8-16(21)22)15-5-3-4-9-19-15/h3-11,18H,1-2H3,(H,21,22). The van der Waals surface area contributed by atoms with E-state index in [1.807, 2.05) is 0 Å². The summed E-state index contributed by atoms with van der Waals surface area (Å²) in [6.07, 6.45) is 3.58. The van der Waals surface area contributed by atoms with Crippen molar-refractivity contribution < 1.29 is 19.4 Å². The summed E-state index contributed by atoms with van der Waals surface area (Å²) in [6.45, 7) is 0. The molecule has 0 spiro atoms. The van der Waals surface area contributed by atoms with Gasteiger partial charge in [-0.3, -0.25) is 9.69 Å². The molecule has 0 aliphatic heterocycles. The summed E-state index contributed by atoms with van der Waals surface area (Å²) in [7, 11) is 3.25. The first-order valence-electron chi connectivity index (χ1n) is 7.08. The summed E-state index contributed by atoms with van der Waals surface area (Å²) in [6, 6.07) is 9.95. The number of carbonyl (C=O) groups excluding carboxylic acids is 1. The maximum absolute atomic E-state index is 12.8. The molecule has 0 atom stereocenters. The highest BCUT2D eigenvalue weighted by Gasteiger charge is 2.18. The Bertz CT molecular complexity index is 760. The average Bonchev–Trinajstić information content (AvgIpc) is 2.61. The Morgan fingerprint density at radius 2 is 2.08 bits per heavy atom. The number of benzene rings is 1. The van der Waals surface area contributed by atoms with Crippen molar-refractivity contribution in [3.05, 3.63) is 60.4 Å². The molecule has 1 aromatic heterocycles. The van der Waals surface area contributed by atoms with Gasteiger partial charge in [-0.05, 0) is 30.3 Å². The maximum Gasteiger partial charge on any atom is 0.329 e. The van der Waals surface area contributed by atoms with Crippen LogP contribution >= 0.6 is 0 Å². The summed E-state index contributed by atoms with van der Waals surface area (Å²) in [5.74, 6) is -0.762. The largest absolute Gasteiger partial charge is 0.495 e. The molecule has 24 heavy (non-hydrogen) atoms. The Labute approximate surface area is 139 Å². The third-order valence-corrected chi connectivity index (χ3v) is 3.20. The van der Waals surface area contributed by atoms with Crippen LogP contribution in [0, 0.1) is 0 Å². The van der Waals surface area contributed by atoms with Crippen LogP contribution in [-0.4, -0.2) is 36.1 Å². The molecular weight excluding hydrogens is 310 g/mol. The summed E-state index contributed by atoms with van der Waals surface area (Å²) in [5, 5.41) is 11.8. The molecule has 0 saturated carbocycles. The third-order valence-electron chi connectivity index (χ3n) is 3.20. The van der Waals surface area contributed by atoms with E-state index in [-0.39, 0.29) is 0 Å². The number of methoxy groups -OCH3 is 1. The van der Waals surface area contributed by atoms with Crippen LogP contribution in [0.2, 0.25) is 0 Å². The van der Waals surface area contributed by atoms with Gasteiger partial charge >= 0.3 is 5.97 Å². The Hall–Kier alpha value is -3.35. The maximum atomic E-state index is 12.8. The van der Waals surface area contributed by atoms with Gasteiger partial charge in [-0.25, -0.2) is 9.78 Å². The Balaban J connectivity index is 2.43. The van der Waals surface area contributed by atoms with Crippen LogP contribution in [0.1, 0.15) is 10.4 Å². The number of aliphatic carboxylic acids is 1. The molecule has 0 saturated heterocycles. The highest BCUT2D eigenvalue weighted by atomic mass is 16.5. The molecule has 0 fully saturated rings. The molecule has 2 aromatic rings. The predicted octanol–water partition coefficient (Wildman–Crippen LogP) is 2.38. The topological polar surface area (TPSA) is 91.8 Å². The van der Waals surface area contributed by atoms with E-state index < -0.39 is 11.9 Å². The third kappa shape index (κ3) is 3.89. The smallest absolute Gasteiger partial charge is 0.329 e. The minimum Gasteiger partial charge on any atom is -0.495 e. The van der Waals surface area contributed by atoms with Crippen molar-refractivity contribution in [2.24, 2.45) is 0 Å². The minimum atomic E-state index is -1.16. The van der Waals surface area contributed by atoms with Crippen LogP contribution in [0.15, 0.2) is 54.9 Å². The normalized spacial score (nSPS) is 10.4. The number of ether oxygens (including phenoxy) is 1. The summed E-state index contributed by atoms with van der Waals surface area (Å²) in [4.78, 5) is 28.9. The van der Waals surface area contributed by atoms with E-state index in [1.165, 1.54) is 24.4 Å². The van der Waals surface area contributed by atoms with Gasteiger partial charge in [0.1, 0.15) is 11.6 Å². The van der Waals surface area contributed by atoms with Crippen LogP contribution in [-0.2, 0) is 4.79 Å². The first kappa shape index (κ1) is 17.0. The van der Waals surface area contributed by atoms with Crippen LogP contribution in [0.25, 0.3) is 0 Å². The quantitative estimate of drug-likeness (QED) is 0.792. The lowest BCUT2D eigenvalue weighted by Crippen LogP contribution is -2.26. The van der Waals surface area contributed by atoms with Gasteiger partial charge in [-0.15, -0.1) is 0 Å². The second-order valence-corrected chi connectivity index (χ2v) is 4.68. The molecule has 0 aliphatic carbocycles. The molecule has 1 heterocycles. The van der Waals surface area contributed by atoms with Crippen molar-refractivity contribution in [1.29, 1.82) is 0 Å². The fraction of sp³-hybridized carbons (Fsp3) is 0.118. The molecule has 7 nitrogen and oxygen atoms in total. The lowest BCUT2D eigenvalue weighted by atomic mass is 10.1. The van der Waals surface area contributed by atoms with Crippen LogP contribution < -0.4 is 15.0 Å². The van der Waals surface area contributed by atoms with Crippen molar-refractivity contribution in [3.63, 3.8) is 0 Å². The van der Waals surface area contributed by atoms with E-state index in [2.05, 4.69) is 10.3 Å². The molecule has 0 aliphatic rings. The number of hydrogen-bond acceptors (Lipinski definition) is 5. The van der Waals surface area contributed by atoms with Gasteiger partial charge in [0.2, 0.25) is 0 Å². The first-order valence-corrected chi connectivity index (χ1v) is 7.08. The minimum absolute atomic E-state index is 0.316. The summed E-state index contributed by atoms with van der Waals surface area (Å²) in [5.41, 5.74) is 1.08. The Kier molecular flexibility index (Phi) is 5.51. The monoisotopic (exact) mass is 327 g/mol. The van der Waals surface area contributed by atoms with Crippen molar-refractivity contribution in [3.8, 4) is 5.75 Å². The zero-order chi connectivity index (χ0) is 17.5. The molecule has 7 heteroatoms. The highest BCUT2D eigenvalue weighted by molar-refractivity contribution is 6.07. The van der Waals surface area contributed by atoms with Gasteiger partial charge in [0.25, 0.3) is 5.91 Å². The van der Waals surface area contributed by atoms with Crippen LogP contribution in [0.4, 0.5) is 11.5 Å². The van der Waals surface area contributed by atoms with Gasteiger partial charge in [0, 0.05) is 31.1 Å². The molecule has 2 N–H and O–H groups in total. The predicted molar refractivity (Wildman–Crippen MR) is 90.4 cm³/mol. The van der Waals surface area contributed by atoms with Crippen molar-refractivity contribution in [2.45, 2.75) is 0 Å². The number of hydrogen-bond donors (Lipinski definition) is 2.